The second kappa shape index (κ2) is 8.64. The fourth-order valence-electron chi connectivity index (χ4n) is 3.03. The molecule has 0 bridgehead atoms. The molecule has 30 heavy (non-hydrogen) atoms. The molecule has 0 fully saturated rings. The van der Waals surface area contributed by atoms with Crippen LogP contribution in [0.1, 0.15) is 23.6 Å². The molecular formula is C21H20N2O7. The van der Waals surface area contributed by atoms with Crippen molar-refractivity contribution in [3.8, 4) is 17.2 Å². The van der Waals surface area contributed by atoms with E-state index >= 15 is 0 Å². The van der Waals surface area contributed by atoms with Crippen LogP contribution in [0.25, 0.3) is 6.08 Å². The molecule has 0 unspecified atom stereocenters. The average molecular weight is 412 g/mol. The molecule has 3 rings (SSSR count). The number of rotatable bonds is 7. The van der Waals surface area contributed by atoms with E-state index in [1.165, 1.54) is 33.5 Å². The SMILES string of the molecule is CCc1ccc(/C=C2/N=C(c3cc(OC)c(OC)c(OC)c3)OC2=O)cc1[N+](=O)[O-]. The van der Waals surface area contributed by atoms with Crippen molar-refractivity contribution in [3.63, 3.8) is 0 Å². The molecule has 9 heteroatoms. The average Bonchev–Trinajstić information content (AvgIpc) is 3.12. The predicted octanol–water partition coefficient (Wildman–Crippen LogP) is 3.53. The number of carbonyl (C=O) groups excluding carboxylic acids is 1. The van der Waals surface area contributed by atoms with E-state index in [4.69, 9.17) is 18.9 Å². The number of carbonyl (C=O) groups is 1. The van der Waals surface area contributed by atoms with Gasteiger partial charge in [-0.2, -0.15) is 0 Å². The topological polar surface area (TPSA) is 109 Å². The van der Waals surface area contributed by atoms with Crippen LogP contribution in [-0.4, -0.2) is 38.1 Å². The first kappa shape index (κ1) is 20.8. The highest BCUT2D eigenvalue weighted by Crippen LogP contribution is 2.39. The van der Waals surface area contributed by atoms with Crippen molar-refractivity contribution in [2.75, 3.05) is 21.3 Å². The van der Waals surface area contributed by atoms with E-state index in [9.17, 15) is 14.9 Å². The molecule has 0 aliphatic carbocycles. The van der Waals surface area contributed by atoms with E-state index in [-0.39, 0.29) is 17.3 Å². The molecule has 1 heterocycles. The van der Waals surface area contributed by atoms with E-state index in [2.05, 4.69) is 4.99 Å². The number of aliphatic imine (C=N–C) groups is 1. The summed E-state index contributed by atoms with van der Waals surface area (Å²) in [6.45, 7) is 1.84. The highest BCUT2D eigenvalue weighted by atomic mass is 16.6. The number of nitro benzene ring substituents is 1. The van der Waals surface area contributed by atoms with E-state index in [0.717, 1.165) is 0 Å². The summed E-state index contributed by atoms with van der Waals surface area (Å²) in [6.07, 6.45) is 1.97. The summed E-state index contributed by atoms with van der Waals surface area (Å²) < 4.78 is 21.2. The van der Waals surface area contributed by atoms with Crippen molar-refractivity contribution in [2.24, 2.45) is 4.99 Å². The van der Waals surface area contributed by atoms with Gasteiger partial charge in [0.05, 0.1) is 26.3 Å². The van der Waals surface area contributed by atoms with E-state index < -0.39 is 10.9 Å². The van der Waals surface area contributed by atoms with Gasteiger partial charge in [-0.15, -0.1) is 0 Å². The largest absolute Gasteiger partial charge is 0.493 e. The summed E-state index contributed by atoms with van der Waals surface area (Å²) in [4.78, 5) is 27.4. The van der Waals surface area contributed by atoms with Crippen LogP contribution in [0.2, 0.25) is 0 Å². The van der Waals surface area contributed by atoms with Gasteiger partial charge in [-0.3, -0.25) is 10.1 Å². The third-order valence-corrected chi connectivity index (χ3v) is 4.52. The van der Waals surface area contributed by atoms with Gasteiger partial charge in [0.25, 0.3) is 5.69 Å². The van der Waals surface area contributed by atoms with Crippen LogP contribution < -0.4 is 14.2 Å². The Kier molecular flexibility index (Phi) is 6.01. The maximum Gasteiger partial charge on any atom is 0.363 e. The second-order valence-corrected chi connectivity index (χ2v) is 6.25. The van der Waals surface area contributed by atoms with Crippen molar-refractivity contribution in [1.82, 2.24) is 0 Å². The van der Waals surface area contributed by atoms with Gasteiger partial charge in [0.2, 0.25) is 11.6 Å². The number of nitro groups is 1. The van der Waals surface area contributed by atoms with E-state index in [1.54, 1.807) is 24.3 Å². The van der Waals surface area contributed by atoms with E-state index in [1.807, 2.05) is 6.92 Å². The van der Waals surface area contributed by atoms with Gasteiger partial charge in [0, 0.05) is 17.2 Å². The number of hydrogen-bond donors (Lipinski definition) is 0. The number of aryl methyl sites for hydroxylation is 1. The van der Waals surface area contributed by atoms with Crippen molar-refractivity contribution in [3.05, 3.63) is 62.8 Å². The molecular weight excluding hydrogens is 392 g/mol. The van der Waals surface area contributed by atoms with Gasteiger partial charge < -0.3 is 18.9 Å². The van der Waals surface area contributed by atoms with Crippen molar-refractivity contribution < 1.29 is 28.7 Å². The molecule has 1 aliphatic heterocycles. The smallest absolute Gasteiger partial charge is 0.363 e. The molecule has 0 saturated heterocycles. The molecule has 9 nitrogen and oxygen atoms in total. The number of esters is 1. The molecule has 0 atom stereocenters. The molecule has 156 valence electrons. The summed E-state index contributed by atoms with van der Waals surface area (Å²) in [6, 6.07) is 7.98. The number of cyclic esters (lactones) is 1. The molecule has 0 aromatic heterocycles. The first-order chi connectivity index (χ1) is 14.4. The first-order valence-corrected chi connectivity index (χ1v) is 9.02. The first-order valence-electron chi connectivity index (χ1n) is 9.02. The Balaban J connectivity index is 2.01. The Morgan fingerprint density at radius 1 is 1.10 bits per heavy atom. The maximum atomic E-state index is 12.3. The van der Waals surface area contributed by atoms with Gasteiger partial charge in [0.15, 0.2) is 17.2 Å². The normalized spacial score (nSPS) is 14.3. The van der Waals surface area contributed by atoms with Crippen LogP contribution in [0.3, 0.4) is 0 Å². The zero-order chi connectivity index (χ0) is 21.8. The summed E-state index contributed by atoms with van der Waals surface area (Å²) >= 11 is 0. The van der Waals surface area contributed by atoms with Crippen molar-refractivity contribution in [2.45, 2.75) is 13.3 Å². The van der Waals surface area contributed by atoms with Gasteiger partial charge >= 0.3 is 5.97 Å². The monoisotopic (exact) mass is 412 g/mol. The number of ether oxygens (including phenoxy) is 4. The lowest BCUT2D eigenvalue weighted by Crippen LogP contribution is -2.07. The minimum Gasteiger partial charge on any atom is -0.493 e. The molecule has 0 N–H and O–H groups in total. The highest BCUT2D eigenvalue weighted by Gasteiger charge is 2.27. The minimum atomic E-state index is -0.666. The standard InChI is InChI=1S/C21H20N2O7/c1-5-13-7-6-12(9-16(13)23(25)26)8-15-21(24)30-20(22-15)14-10-17(27-2)19(29-4)18(11-14)28-3/h6-11H,5H2,1-4H3/b15-8+. The molecule has 2 aromatic rings. The highest BCUT2D eigenvalue weighted by molar-refractivity contribution is 6.13. The van der Waals surface area contributed by atoms with Gasteiger partial charge in [0.1, 0.15) is 0 Å². The quantitative estimate of drug-likeness (QED) is 0.296. The Bertz CT molecular complexity index is 1050. The van der Waals surface area contributed by atoms with Crippen LogP contribution in [0, 0.1) is 10.1 Å². The lowest BCUT2D eigenvalue weighted by molar-refractivity contribution is -0.385. The molecule has 0 saturated carbocycles. The van der Waals surface area contributed by atoms with E-state index in [0.29, 0.717) is 40.4 Å². The lowest BCUT2D eigenvalue weighted by atomic mass is 10.1. The fourth-order valence-corrected chi connectivity index (χ4v) is 3.03. The zero-order valence-corrected chi connectivity index (χ0v) is 16.9. The summed E-state index contributed by atoms with van der Waals surface area (Å²) in [5, 5.41) is 11.3. The van der Waals surface area contributed by atoms with Crippen LogP contribution in [-0.2, 0) is 16.0 Å². The Labute approximate surface area is 172 Å². The van der Waals surface area contributed by atoms with Crippen molar-refractivity contribution in [1.29, 1.82) is 0 Å². The molecule has 0 spiro atoms. The number of methoxy groups -OCH3 is 3. The number of hydrogen-bond acceptors (Lipinski definition) is 8. The maximum absolute atomic E-state index is 12.3. The second-order valence-electron chi connectivity index (χ2n) is 6.25. The molecule has 0 radical (unpaired) electrons. The zero-order valence-electron chi connectivity index (χ0n) is 16.9. The minimum absolute atomic E-state index is 0.00737. The molecule has 1 aliphatic rings. The fraction of sp³-hybridized carbons (Fsp3) is 0.238. The Hall–Kier alpha value is -3.88. The van der Waals surface area contributed by atoms with Gasteiger partial charge in [-0.25, -0.2) is 9.79 Å². The Morgan fingerprint density at radius 2 is 1.77 bits per heavy atom. The molecule has 2 aromatic carbocycles. The number of benzene rings is 2. The third-order valence-electron chi connectivity index (χ3n) is 4.52. The lowest BCUT2D eigenvalue weighted by Gasteiger charge is -2.13. The predicted molar refractivity (Wildman–Crippen MR) is 109 cm³/mol. The van der Waals surface area contributed by atoms with Crippen LogP contribution in [0.5, 0.6) is 17.2 Å². The molecule has 0 amide bonds. The third kappa shape index (κ3) is 3.95. The Morgan fingerprint density at radius 3 is 2.30 bits per heavy atom. The summed E-state index contributed by atoms with van der Waals surface area (Å²) in [5.41, 5.74) is 1.55. The van der Waals surface area contributed by atoms with Gasteiger partial charge in [-0.05, 0) is 30.2 Å². The number of nitrogens with zero attached hydrogens (tertiary/aromatic N) is 2. The van der Waals surface area contributed by atoms with Crippen LogP contribution in [0.15, 0.2) is 41.0 Å². The van der Waals surface area contributed by atoms with Crippen LogP contribution in [0.4, 0.5) is 5.69 Å². The van der Waals surface area contributed by atoms with Crippen molar-refractivity contribution >= 4 is 23.6 Å². The summed E-state index contributed by atoms with van der Waals surface area (Å²) in [5.74, 6) is 0.557. The van der Waals surface area contributed by atoms with Gasteiger partial charge in [-0.1, -0.05) is 19.1 Å². The summed E-state index contributed by atoms with van der Waals surface area (Å²) in [7, 11) is 4.43. The van der Waals surface area contributed by atoms with Crippen LogP contribution >= 0.6 is 0 Å².